The van der Waals surface area contributed by atoms with Crippen molar-refractivity contribution in [3.8, 4) is 11.5 Å². The molecule has 1 unspecified atom stereocenters. The summed E-state index contributed by atoms with van der Waals surface area (Å²) in [4.78, 5) is 25.7. The summed E-state index contributed by atoms with van der Waals surface area (Å²) in [5.41, 5.74) is 4.71. The topological polar surface area (TPSA) is 69.6 Å². The number of aromatic nitrogens is 1. The first-order valence-corrected chi connectivity index (χ1v) is 10.4. The summed E-state index contributed by atoms with van der Waals surface area (Å²) in [6, 6.07) is 10.8. The van der Waals surface area contributed by atoms with Crippen LogP contribution in [-0.4, -0.2) is 31.2 Å². The molecule has 1 N–H and O–H groups in total. The maximum atomic E-state index is 12.9. The van der Waals surface area contributed by atoms with Gasteiger partial charge in [0.15, 0.2) is 11.5 Å². The Kier molecular flexibility index (Phi) is 6.68. The maximum Gasteiger partial charge on any atom is 0.252 e. The summed E-state index contributed by atoms with van der Waals surface area (Å²) in [5, 5.41) is 3.96. The van der Waals surface area contributed by atoms with Crippen LogP contribution < -0.4 is 20.3 Å². The predicted molar refractivity (Wildman–Crippen MR) is 123 cm³/mol. The maximum absolute atomic E-state index is 12.9. The first kappa shape index (κ1) is 22.4. The van der Waals surface area contributed by atoms with Gasteiger partial charge in [0.2, 0.25) is 5.91 Å². The summed E-state index contributed by atoms with van der Waals surface area (Å²) < 4.78 is 12.2. The Labute approximate surface area is 182 Å². The predicted octanol–water partition coefficient (Wildman–Crippen LogP) is 3.86. The largest absolute Gasteiger partial charge is 0.493 e. The zero-order chi connectivity index (χ0) is 22.7. The third-order valence-electron chi connectivity index (χ3n) is 5.62. The molecule has 0 radical (unpaired) electrons. The Morgan fingerprint density at radius 3 is 2.39 bits per heavy atom. The number of ether oxygens (including phenoxy) is 2. The van der Waals surface area contributed by atoms with Gasteiger partial charge in [-0.15, -0.1) is 0 Å². The van der Waals surface area contributed by atoms with Gasteiger partial charge in [-0.3, -0.25) is 14.2 Å². The van der Waals surface area contributed by atoms with Gasteiger partial charge in [-0.1, -0.05) is 17.7 Å². The van der Waals surface area contributed by atoms with Crippen LogP contribution in [-0.2, 0) is 11.2 Å². The third kappa shape index (κ3) is 4.58. The van der Waals surface area contributed by atoms with Gasteiger partial charge in [0.1, 0.15) is 6.04 Å². The molecule has 1 amide bonds. The van der Waals surface area contributed by atoms with E-state index in [1.807, 2.05) is 45.0 Å². The molecular formula is C25H30N2O4. The van der Waals surface area contributed by atoms with Crippen LogP contribution in [0.4, 0.5) is 0 Å². The first-order valence-electron chi connectivity index (χ1n) is 10.4. The molecular weight excluding hydrogens is 392 g/mol. The van der Waals surface area contributed by atoms with Crippen LogP contribution in [0, 0.1) is 20.8 Å². The average Bonchev–Trinajstić information content (AvgIpc) is 2.73. The van der Waals surface area contributed by atoms with Crippen LogP contribution in [0.1, 0.15) is 35.2 Å². The molecule has 0 aliphatic heterocycles. The average molecular weight is 423 g/mol. The fourth-order valence-corrected chi connectivity index (χ4v) is 4.04. The molecule has 6 heteroatoms. The van der Waals surface area contributed by atoms with Crippen molar-refractivity contribution in [2.45, 2.75) is 40.2 Å². The molecule has 0 bridgehead atoms. The highest BCUT2D eigenvalue weighted by atomic mass is 16.5. The van der Waals surface area contributed by atoms with Crippen LogP contribution in [0.25, 0.3) is 10.9 Å². The number of hydrogen-bond acceptors (Lipinski definition) is 4. The fourth-order valence-electron chi connectivity index (χ4n) is 4.04. The van der Waals surface area contributed by atoms with Crippen molar-refractivity contribution in [1.82, 2.24) is 9.88 Å². The lowest BCUT2D eigenvalue weighted by atomic mass is 10.0. The standard InChI is InChI=1S/C25H30N2O4/c1-15-11-17(3)24-20(12-15)16(2)13-23(28)27(24)18(4)25(29)26-10-9-19-7-8-21(30-5)22(14-19)31-6/h7-8,11-14,18H,9-10H2,1-6H3,(H,26,29). The number of rotatable bonds is 7. The van der Waals surface area contributed by atoms with Crippen molar-refractivity contribution in [1.29, 1.82) is 0 Å². The van der Waals surface area contributed by atoms with Gasteiger partial charge in [0, 0.05) is 18.0 Å². The van der Waals surface area contributed by atoms with E-state index in [1.165, 1.54) is 0 Å². The lowest BCUT2D eigenvalue weighted by molar-refractivity contribution is -0.123. The molecule has 3 rings (SSSR count). The van der Waals surface area contributed by atoms with Crippen LogP contribution >= 0.6 is 0 Å². The number of nitrogens with one attached hydrogen (secondary N) is 1. The van der Waals surface area contributed by atoms with E-state index in [1.54, 1.807) is 31.8 Å². The fraction of sp³-hybridized carbons (Fsp3) is 0.360. The summed E-state index contributed by atoms with van der Waals surface area (Å²) in [6.07, 6.45) is 0.639. The SMILES string of the molecule is COc1ccc(CCNC(=O)C(C)n2c(=O)cc(C)c3cc(C)cc(C)c32)cc1OC. The third-order valence-corrected chi connectivity index (χ3v) is 5.62. The molecule has 164 valence electrons. The molecule has 2 aromatic carbocycles. The smallest absolute Gasteiger partial charge is 0.252 e. The van der Waals surface area contributed by atoms with Gasteiger partial charge in [0.25, 0.3) is 5.56 Å². The minimum Gasteiger partial charge on any atom is -0.493 e. The van der Waals surface area contributed by atoms with E-state index >= 15 is 0 Å². The van der Waals surface area contributed by atoms with E-state index in [4.69, 9.17) is 9.47 Å². The summed E-state index contributed by atoms with van der Waals surface area (Å²) in [6.45, 7) is 8.16. The Morgan fingerprint density at radius 1 is 1.00 bits per heavy atom. The number of fused-ring (bicyclic) bond motifs is 1. The van der Waals surface area contributed by atoms with Crippen molar-refractivity contribution in [3.63, 3.8) is 0 Å². The molecule has 31 heavy (non-hydrogen) atoms. The normalized spacial score (nSPS) is 11.9. The highest BCUT2D eigenvalue weighted by Gasteiger charge is 2.20. The van der Waals surface area contributed by atoms with Gasteiger partial charge in [-0.2, -0.15) is 0 Å². The molecule has 0 spiro atoms. The van der Waals surface area contributed by atoms with E-state index in [0.29, 0.717) is 24.5 Å². The van der Waals surface area contributed by atoms with Crippen molar-refractivity contribution < 1.29 is 14.3 Å². The zero-order valence-electron chi connectivity index (χ0n) is 19.0. The summed E-state index contributed by atoms with van der Waals surface area (Å²) >= 11 is 0. The lowest BCUT2D eigenvalue weighted by Gasteiger charge is -2.20. The number of nitrogens with zero attached hydrogens (tertiary/aromatic N) is 1. The minimum absolute atomic E-state index is 0.167. The molecule has 1 heterocycles. The van der Waals surface area contributed by atoms with Gasteiger partial charge >= 0.3 is 0 Å². The molecule has 0 aliphatic rings. The molecule has 3 aromatic rings. The van der Waals surface area contributed by atoms with Crippen LogP contribution in [0.15, 0.2) is 41.2 Å². The number of amides is 1. The van der Waals surface area contributed by atoms with Gasteiger partial charge in [-0.05, 0) is 69.0 Å². The lowest BCUT2D eigenvalue weighted by Crippen LogP contribution is -2.37. The quantitative estimate of drug-likeness (QED) is 0.628. The second-order valence-corrected chi connectivity index (χ2v) is 7.92. The number of carbonyl (C=O) groups excluding carboxylic acids is 1. The van der Waals surface area contributed by atoms with E-state index in [9.17, 15) is 9.59 Å². The first-order chi connectivity index (χ1) is 14.8. The summed E-state index contributed by atoms with van der Waals surface area (Å²) in [7, 11) is 3.19. The van der Waals surface area contributed by atoms with E-state index < -0.39 is 6.04 Å². The highest BCUT2D eigenvalue weighted by Crippen LogP contribution is 2.28. The monoisotopic (exact) mass is 422 g/mol. The molecule has 0 saturated heterocycles. The Morgan fingerprint density at radius 2 is 1.71 bits per heavy atom. The van der Waals surface area contributed by atoms with Gasteiger partial charge < -0.3 is 14.8 Å². The van der Waals surface area contributed by atoms with Crippen LogP contribution in [0.3, 0.4) is 0 Å². The van der Waals surface area contributed by atoms with Crippen LogP contribution in [0.2, 0.25) is 0 Å². The molecule has 1 atom stereocenters. The second kappa shape index (κ2) is 9.25. The van der Waals surface area contributed by atoms with E-state index in [0.717, 1.165) is 33.2 Å². The molecule has 6 nitrogen and oxygen atoms in total. The van der Waals surface area contributed by atoms with E-state index in [-0.39, 0.29) is 11.5 Å². The van der Waals surface area contributed by atoms with Crippen molar-refractivity contribution in [2.75, 3.05) is 20.8 Å². The Bertz CT molecular complexity index is 1180. The molecule has 0 aliphatic carbocycles. The highest BCUT2D eigenvalue weighted by molar-refractivity contribution is 5.88. The Hall–Kier alpha value is -3.28. The van der Waals surface area contributed by atoms with Crippen molar-refractivity contribution >= 4 is 16.8 Å². The molecule has 0 fully saturated rings. The van der Waals surface area contributed by atoms with Crippen molar-refractivity contribution in [2.24, 2.45) is 0 Å². The van der Waals surface area contributed by atoms with Crippen LogP contribution in [0.5, 0.6) is 11.5 Å². The number of benzene rings is 2. The van der Waals surface area contributed by atoms with Gasteiger partial charge in [-0.25, -0.2) is 0 Å². The summed E-state index contributed by atoms with van der Waals surface area (Å²) in [5.74, 6) is 1.14. The van der Waals surface area contributed by atoms with Gasteiger partial charge in [0.05, 0.1) is 19.7 Å². The van der Waals surface area contributed by atoms with Crippen molar-refractivity contribution in [3.05, 3.63) is 69.0 Å². The Balaban J connectivity index is 1.80. The second-order valence-electron chi connectivity index (χ2n) is 7.92. The van der Waals surface area contributed by atoms with E-state index in [2.05, 4.69) is 11.4 Å². The zero-order valence-corrected chi connectivity index (χ0v) is 19.0. The minimum atomic E-state index is -0.623. The number of carbonyl (C=O) groups is 1. The number of aryl methyl sites for hydroxylation is 3. The number of methoxy groups -OCH3 is 2. The number of pyridine rings is 1. The molecule has 1 aromatic heterocycles. The number of hydrogen-bond donors (Lipinski definition) is 1. The molecule has 0 saturated carbocycles.